The average Bonchev–Trinajstić information content (AvgIpc) is 2.00. The van der Waals surface area contributed by atoms with Crippen LogP contribution in [0.2, 0.25) is 0 Å². The lowest BCUT2D eigenvalue weighted by molar-refractivity contribution is 0.193. The van der Waals surface area contributed by atoms with Gasteiger partial charge in [0.15, 0.2) is 5.96 Å². The lowest BCUT2D eigenvalue weighted by Gasteiger charge is -2.05. The van der Waals surface area contributed by atoms with Crippen LogP contribution in [0.25, 0.3) is 0 Å². The number of nitrogens with one attached hydrogen (secondary N) is 2. The number of hydrogen-bond donors (Lipinski definition) is 5. The largest absolute Gasteiger partial charge is 0.469 e. The second-order valence-corrected chi connectivity index (χ2v) is 3.96. The molecule has 8 heteroatoms. The maximum atomic E-state index is 10.2. The van der Waals surface area contributed by atoms with Gasteiger partial charge in [-0.15, -0.1) is 0 Å². The van der Waals surface area contributed by atoms with Crippen LogP contribution in [0.5, 0.6) is 0 Å². The standard InChI is InChI=1S/C6H16N3O4P/c7-6(8)9-4-2-1-3-5-13-14(10,11)12/h1-5H2,(H4,7,8,9)(H2,10,11,12). The molecule has 0 aliphatic heterocycles. The molecular weight excluding hydrogens is 209 g/mol. The van der Waals surface area contributed by atoms with E-state index in [2.05, 4.69) is 9.84 Å². The van der Waals surface area contributed by atoms with Crippen LogP contribution in [0.1, 0.15) is 19.3 Å². The third-order valence-corrected chi connectivity index (χ3v) is 1.91. The Morgan fingerprint density at radius 1 is 1.43 bits per heavy atom. The van der Waals surface area contributed by atoms with Crippen molar-refractivity contribution in [1.82, 2.24) is 5.32 Å². The zero-order valence-corrected chi connectivity index (χ0v) is 8.67. The maximum absolute atomic E-state index is 10.2. The molecule has 0 rings (SSSR count). The summed E-state index contributed by atoms with van der Waals surface area (Å²) in [6.45, 7) is 0.635. The second kappa shape index (κ2) is 6.78. The van der Waals surface area contributed by atoms with E-state index in [1.165, 1.54) is 0 Å². The van der Waals surface area contributed by atoms with E-state index in [1.54, 1.807) is 0 Å². The maximum Gasteiger partial charge on any atom is 0.469 e. The average molecular weight is 225 g/mol. The summed E-state index contributed by atoms with van der Waals surface area (Å²) < 4.78 is 14.5. The zero-order valence-electron chi connectivity index (χ0n) is 7.77. The summed E-state index contributed by atoms with van der Waals surface area (Å²) >= 11 is 0. The first-order valence-corrected chi connectivity index (χ1v) is 5.73. The normalized spacial score (nSPS) is 11.3. The first-order valence-electron chi connectivity index (χ1n) is 4.20. The molecule has 14 heavy (non-hydrogen) atoms. The highest BCUT2D eigenvalue weighted by molar-refractivity contribution is 7.46. The molecule has 0 bridgehead atoms. The van der Waals surface area contributed by atoms with Crippen LogP contribution in [0.3, 0.4) is 0 Å². The predicted octanol–water partition coefficient (Wildman–Crippen LogP) is -0.251. The minimum Gasteiger partial charge on any atom is -0.370 e. The van der Waals surface area contributed by atoms with Crippen molar-refractivity contribution in [2.75, 3.05) is 13.2 Å². The van der Waals surface area contributed by atoms with E-state index in [0.29, 0.717) is 13.0 Å². The summed E-state index contributed by atoms with van der Waals surface area (Å²) in [6.07, 6.45) is 2.12. The molecule has 0 aliphatic carbocycles. The summed E-state index contributed by atoms with van der Waals surface area (Å²) in [5, 5.41) is 9.45. The van der Waals surface area contributed by atoms with Gasteiger partial charge in [0.2, 0.25) is 0 Å². The molecule has 0 radical (unpaired) electrons. The van der Waals surface area contributed by atoms with E-state index in [-0.39, 0.29) is 12.6 Å². The topological polar surface area (TPSA) is 129 Å². The summed E-state index contributed by atoms with van der Waals surface area (Å²) in [6, 6.07) is 0. The van der Waals surface area contributed by atoms with Gasteiger partial charge in [0.1, 0.15) is 0 Å². The SMILES string of the molecule is N=C(N)NCCCCCOP(=O)(O)O. The van der Waals surface area contributed by atoms with Gasteiger partial charge in [-0.3, -0.25) is 9.93 Å². The number of nitrogens with two attached hydrogens (primary N) is 1. The minimum absolute atomic E-state index is 0.0460. The molecule has 7 nitrogen and oxygen atoms in total. The molecule has 0 aromatic heterocycles. The second-order valence-electron chi connectivity index (χ2n) is 2.72. The van der Waals surface area contributed by atoms with Crippen molar-refractivity contribution in [2.45, 2.75) is 19.3 Å². The lowest BCUT2D eigenvalue weighted by Crippen LogP contribution is -2.30. The molecular formula is C6H16N3O4P. The molecule has 0 saturated carbocycles. The molecule has 6 N–H and O–H groups in total. The van der Waals surface area contributed by atoms with Crippen LogP contribution in [-0.2, 0) is 9.09 Å². The highest BCUT2D eigenvalue weighted by Gasteiger charge is 2.12. The molecule has 0 spiro atoms. The Morgan fingerprint density at radius 3 is 2.57 bits per heavy atom. The highest BCUT2D eigenvalue weighted by atomic mass is 31.2. The van der Waals surface area contributed by atoms with E-state index in [1.807, 2.05) is 0 Å². The summed E-state index contributed by atoms with van der Waals surface area (Å²) in [7, 11) is -4.31. The summed E-state index contributed by atoms with van der Waals surface area (Å²) in [5.41, 5.74) is 5.03. The summed E-state index contributed by atoms with van der Waals surface area (Å²) in [4.78, 5) is 16.7. The van der Waals surface area contributed by atoms with Gasteiger partial charge in [-0.05, 0) is 19.3 Å². The van der Waals surface area contributed by atoms with Crippen LogP contribution in [0.4, 0.5) is 0 Å². The Hall–Kier alpha value is -0.620. The number of phosphoric ester groups is 1. The van der Waals surface area contributed by atoms with Crippen LogP contribution in [0.15, 0.2) is 0 Å². The van der Waals surface area contributed by atoms with Gasteiger partial charge in [-0.2, -0.15) is 0 Å². The molecule has 0 heterocycles. The van der Waals surface area contributed by atoms with Gasteiger partial charge in [-0.25, -0.2) is 4.57 Å². The molecule has 0 fully saturated rings. The van der Waals surface area contributed by atoms with Crippen molar-refractivity contribution in [3.05, 3.63) is 0 Å². The highest BCUT2D eigenvalue weighted by Crippen LogP contribution is 2.35. The molecule has 0 unspecified atom stereocenters. The molecule has 0 atom stereocenters. The molecule has 84 valence electrons. The lowest BCUT2D eigenvalue weighted by atomic mass is 10.2. The van der Waals surface area contributed by atoms with Gasteiger partial charge in [-0.1, -0.05) is 0 Å². The van der Waals surface area contributed by atoms with Gasteiger partial charge >= 0.3 is 7.82 Å². The van der Waals surface area contributed by atoms with Crippen LogP contribution < -0.4 is 11.1 Å². The number of rotatable bonds is 7. The van der Waals surface area contributed by atoms with Crippen molar-refractivity contribution in [3.8, 4) is 0 Å². The third kappa shape index (κ3) is 11.4. The Kier molecular flexibility index (Phi) is 6.48. The fraction of sp³-hybridized carbons (Fsp3) is 0.833. The minimum atomic E-state index is -4.31. The molecule has 0 aromatic carbocycles. The molecule has 0 aromatic rings. The Labute approximate surface area is 82.4 Å². The fourth-order valence-electron chi connectivity index (χ4n) is 0.810. The van der Waals surface area contributed by atoms with E-state index in [9.17, 15) is 4.57 Å². The monoisotopic (exact) mass is 225 g/mol. The first kappa shape index (κ1) is 13.4. The van der Waals surface area contributed by atoms with Crippen molar-refractivity contribution in [2.24, 2.45) is 5.73 Å². The van der Waals surface area contributed by atoms with Crippen molar-refractivity contribution < 1.29 is 18.9 Å². The Balaban J connectivity index is 3.15. The van der Waals surface area contributed by atoms with E-state index in [0.717, 1.165) is 12.8 Å². The Bertz CT molecular complexity index is 217. The van der Waals surface area contributed by atoms with Crippen LogP contribution in [-0.4, -0.2) is 28.9 Å². The first-order chi connectivity index (χ1) is 6.42. The van der Waals surface area contributed by atoms with Gasteiger partial charge in [0.25, 0.3) is 0 Å². The number of unbranched alkanes of at least 4 members (excludes halogenated alkanes) is 2. The molecule has 0 amide bonds. The number of hydrogen-bond acceptors (Lipinski definition) is 3. The van der Waals surface area contributed by atoms with E-state index < -0.39 is 7.82 Å². The smallest absolute Gasteiger partial charge is 0.370 e. The van der Waals surface area contributed by atoms with Crippen molar-refractivity contribution in [3.63, 3.8) is 0 Å². The van der Waals surface area contributed by atoms with Crippen LogP contribution >= 0.6 is 7.82 Å². The number of guanidine groups is 1. The van der Waals surface area contributed by atoms with E-state index in [4.69, 9.17) is 20.9 Å². The van der Waals surface area contributed by atoms with Gasteiger partial charge in [0.05, 0.1) is 6.61 Å². The van der Waals surface area contributed by atoms with Crippen LogP contribution in [0, 0.1) is 5.41 Å². The molecule has 0 saturated heterocycles. The van der Waals surface area contributed by atoms with Crippen molar-refractivity contribution in [1.29, 1.82) is 5.41 Å². The fourth-order valence-corrected chi connectivity index (χ4v) is 1.18. The van der Waals surface area contributed by atoms with Gasteiger partial charge < -0.3 is 20.8 Å². The summed E-state index contributed by atoms with van der Waals surface area (Å²) in [5.74, 6) is -0.0727. The number of phosphoric acid groups is 1. The predicted molar refractivity (Wildman–Crippen MR) is 51.8 cm³/mol. The van der Waals surface area contributed by atoms with E-state index >= 15 is 0 Å². The third-order valence-electron chi connectivity index (χ3n) is 1.40. The molecule has 0 aliphatic rings. The van der Waals surface area contributed by atoms with Crippen molar-refractivity contribution >= 4 is 13.8 Å². The zero-order chi connectivity index (χ0) is 11.0. The Morgan fingerprint density at radius 2 is 2.07 bits per heavy atom. The van der Waals surface area contributed by atoms with Gasteiger partial charge in [0, 0.05) is 6.54 Å². The quantitative estimate of drug-likeness (QED) is 0.176.